The fourth-order valence-corrected chi connectivity index (χ4v) is 6.81. The molecule has 0 aliphatic carbocycles. The molecule has 1 N–H and O–H groups in total. The van der Waals surface area contributed by atoms with Gasteiger partial charge in [0.15, 0.2) is 0 Å². The highest BCUT2D eigenvalue weighted by molar-refractivity contribution is 7.99. The summed E-state index contributed by atoms with van der Waals surface area (Å²) >= 11 is 1.55. The van der Waals surface area contributed by atoms with Gasteiger partial charge < -0.3 is 20.0 Å². The molecule has 0 atom stereocenters. The van der Waals surface area contributed by atoms with Crippen LogP contribution in [0, 0.1) is 5.21 Å². The Morgan fingerprint density at radius 3 is 2.33 bits per heavy atom. The van der Waals surface area contributed by atoms with Gasteiger partial charge in [-0.1, -0.05) is 65.3 Å². The van der Waals surface area contributed by atoms with Crippen LogP contribution in [0.25, 0.3) is 0 Å². The van der Waals surface area contributed by atoms with Crippen molar-refractivity contribution in [2.24, 2.45) is 0 Å². The van der Waals surface area contributed by atoms with Crippen LogP contribution >= 0.6 is 11.8 Å². The molecule has 1 heterocycles. The van der Waals surface area contributed by atoms with E-state index in [1.165, 1.54) is 45.9 Å². The molecule has 1 aromatic heterocycles. The molecule has 10 nitrogen and oxygen atoms in total. The van der Waals surface area contributed by atoms with Gasteiger partial charge in [0.1, 0.15) is 6.61 Å². The molecule has 0 fully saturated rings. The van der Waals surface area contributed by atoms with Crippen LogP contribution < -0.4 is 9.64 Å². The predicted molar refractivity (Wildman–Crippen MR) is 178 cm³/mol. The van der Waals surface area contributed by atoms with E-state index in [4.69, 9.17) is 4.74 Å². The first kappa shape index (κ1) is 36.6. The number of allylic oxidation sites excluding steroid dienone is 5. The maximum absolute atomic E-state index is 13.6. The summed E-state index contributed by atoms with van der Waals surface area (Å²) in [6.07, 6.45) is 10.9. The third-order valence-corrected chi connectivity index (χ3v) is 9.75. The van der Waals surface area contributed by atoms with Crippen LogP contribution in [-0.4, -0.2) is 61.5 Å². The van der Waals surface area contributed by atoms with E-state index < -0.39 is 20.7 Å². The average molecular weight is 670 g/mol. The van der Waals surface area contributed by atoms with Crippen LogP contribution in [0.3, 0.4) is 0 Å². The SMILES string of the molecule is CC(C)=CCC/C(C)=C/CC/C(C)=C/CSc1ccccc1C(=O)N(CCO)CCOc1no[n+]([O-])c1S(=O)(=O)c1ccccc1. The number of hydrogen-bond donors (Lipinski definition) is 1. The van der Waals surface area contributed by atoms with Crippen molar-refractivity contribution in [3.63, 3.8) is 0 Å². The second kappa shape index (κ2) is 18.3. The predicted octanol–water partition coefficient (Wildman–Crippen LogP) is 6.17. The van der Waals surface area contributed by atoms with Gasteiger partial charge in [-0.25, -0.2) is 8.42 Å². The molecule has 3 rings (SSSR count). The molecule has 0 spiro atoms. The second-order valence-electron chi connectivity index (χ2n) is 11.0. The van der Waals surface area contributed by atoms with Crippen molar-refractivity contribution in [1.82, 2.24) is 10.1 Å². The van der Waals surface area contributed by atoms with Crippen molar-refractivity contribution in [2.45, 2.75) is 68.2 Å². The lowest BCUT2D eigenvalue weighted by Gasteiger charge is -2.22. The van der Waals surface area contributed by atoms with E-state index in [2.05, 4.69) is 55.7 Å². The zero-order chi connectivity index (χ0) is 33.5. The minimum absolute atomic E-state index is 0.00474. The summed E-state index contributed by atoms with van der Waals surface area (Å²) in [7, 11) is -4.28. The van der Waals surface area contributed by atoms with Gasteiger partial charge in [0.25, 0.3) is 15.7 Å². The van der Waals surface area contributed by atoms with E-state index in [1.807, 2.05) is 12.1 Å². The van der Waals surface area contributed by atoms with Crippen LogP contribution in [0.4, 0.5) is 0 Å². The van der Waals surface area contributed by atoms with Gasteiger partial charge in [-0.2, -0.15) is 0 Å². The summed E-state index contributed by atoms with van der Waals surface area (Å²) in [6, 6.07) is 14.6. The highest BCUT2D eigenvalue weighted by Gasteiger charge is 2.36. The van der Waals surface area contributed by atoms with Gasteiger partial charge >= 0.3 is 10.9 Å². The third-order valence-electron chi connectivity index (χ3n) is 7.02. The quantitative estimate of drug-likeness (QED) is 0.0958. The van der Waals surface area contributed by atoms with Gasteiger partial charge in [-0.15, -0.1) is 11.8 Å². The number of rotatable bonds is 18. The van der Waals surface area contributed by atoms with E-state index in [0.717, 1.165) is 30.6 Å². The molecule has 0 bridgehead atoms. The maximum Gasteiger partial charge on any atom is 0.415 e. The molecule has 46 heavy (non-hydrogen) atoms. The number of hydrogen-bond acceptors (Lipinski definition) is 9. The fraction of sp³-hybridized carbons (Fsp3) is 0.382. The zero-order valence-corrected chi connectivity index (χ0v) is 28.5. The van der Waals surface area contributed by atoms with E-state index in [0.29, 0.717) is 11.3 Å². The highest BCUT2D eigenvalue weighted by Crippen LogP contribution is 2.26. The summed E-state index contributed by atoms with van der Waals surface area (Å²) in [5.41, 5.74) is 4.51. The molecule has 1 amide bonds. The van der Waals surface area contributed by atoms with Crippen LogP contribution in [0.5, 0.6) is 5.88 Å². The number of thioether (sulfide) groups is 1. The number of benzene rings is 2. The number of carbonyl (C=O) groups is 1. The van der Waals surface area contributed by atoms with Gasteiger partial charge in [-0.3, -0.25) is 9.42 Å². The molecular formula is C34H43N3O7S2. The first-order chi connectivity index (χ1) is 22.0. The molecular weight excluding hydrogens is 627 g/mol. The Morgan fingerprint density at radius 1 is 0.978 bits per heavy atom. The van der Waals surface area contributed by atoms with Gasteiger partial charge in [-0.05, 0) is 82.5 Å². The van der Waals surface area contributed by atoms with Crippen LogP contribution in [0.15, 0.2) is 109 Å². The summed E-state index contributed by atoms with van der Waals surface area (Å²) < 4.78 is 36.1. The first-order valence-electron chi connectivity index (χ1n) is 15.1. The minimum atomic E-state index is -4.28. The Kier molecular flexibility index (Phi) is 14.6. The van der Waals surface area contributed by atoms with E-state index in [9.17, 15) is 23.5 Å². The van der Waals surface area contributed by atoms with E-state index in [1.54, 1.807) is 30.0 Å². The molecule has 0 radical (unpaired) electrons. The molecule has 3 aromatic rings. The largest absolute Gasteiger partial charge is 0.453 e. The summed E-state index contributed by atoms with van der Waals surface area (Å²) in [5.74, 6) is -0.128. The van der Waals surface area contributed by atoms with Crippen molar-refractivity contribution < 1.29 is 32.6 Å². The zero-order valence-electron chi connectivity index (χ0n) is 26.8. The molecule has 0 unspecified atom stereocenters. The Bertz CT molecular complexity index is 1630. The number of nitrogens with zero attached hydrogens (tertiary/aromatic N) is 3. The average Bonchev–Trinajstić information content (AvgIpc) is 3.41. The lowest BCUT2D eigenvalue weighted by Crippen LogP contribution is -2.37. The lowest BCUT2D eigenvalue weighted by molar-refractivity contribution is -0.832. The van der Waals surface area contributed by atoms with Crippen molar-refractivity contribution in [3.8, 4) is 5.88 Å². The van der Waals surface area contributed by atoms with Crippen molar-refractivity contribution in [3.05, 3.63) is 100 Å². The number of sulfone groups is 1. The van der Waals surface area contributed by atoms with E-state index >= 15 is 0 Å². The number of aliphatic hydroxyl groups excluding tert-OH is 1. The van der Waals surface area contributed by atoms with Crippen LogP contribution in [0.2, 0.25) is 0 Å². The van der Waals surface area contributed by atoms with E-state index in [-0.39, 0.29) is 42.0 Å². The summed E-state index contributed by atoms with van der Waals surface area (Å²) in [4.78, 5) is 15.4. The Labute approximate surface area is 275 Å². The molecule has 0 saturated carbocycles. The third kappa shape index (κ3) is 10.9. The molecule has 2 aromatic carbocycles. The molecule has 0 saturated heterocycles. The van der Waals surface area contributed by atoms with Crippen LogP contribution in [0.1, 0.15) is 63.7 Å². The number of carbonyl (C=O) groups excluding carboxylic acids is 1. The maximum atomic E-state index is 13.6. The number of amides is 1. The number of aliphatic hydroxyl groups is 1. The summed E-state index contributed by atoms with van der Waals surface area (Å²) in [6.45, 7) is 8.07. The highest BCUT2D eigenvalue weighted by atomic mass is 32.2. The van der Waals surface area contributed by atoms with Gasteiger partial charge in [0, 0.05) is 17.2 Å². The Balaban J connectivity index is 1.60. The van der Waals surface area contributed by atoms with Crippen molar-refractivity contribution in [2.75, 3.05) is 32.1 Å². The number of aromatic nitrogens is 2. The number of ether oxygens (including phenoxy) is 1. The molecule has 0 aliphatic heterocycles. The summed E-state index contributed by atoms with van der Waals surface area (Å²) in [5, 5.41) is 24.5. The van der Waals surface area contributed by atoms with Crippen molar-refractivity contribution >= 4 is 27.5 Å². The van der Waals surface area contributed by atoms with Crippen molar-refractivity contribution in [1.29, 1.82) is 0 Å². The Morgan fingerprint density at radius 2 is 1.63 bits per heavy atom. The van der Waals surface area contributed by atoms with Crippen LogP contribution in [-0.2, 0) is 9.84 Å². The lowest BCUT2D eigenvalue weighted by atomic mass is 10.1. The van der Waals surface area contributed by atoms with Gasteiger partial charge in [0.2, 0.25) is 0 Å². The molecule has 12 heteroatoms. The first-order valence-corrected chi connectivity index (χ1v) is 17.6. The second-order valence-corrected chi connectivity index (χ2v) is 13.9. The Hall–Kier alpha value is -3.87. The fourth-order valence-electron chi connectivity index (χ4n) is 4.48. The minimum Gasteiger partial charge on any atom is -0.453 e. The van der Waals surface area contributed by atoms with Gasteiger partial charge in [0.05, 0.1) is 28.8 Å². The standard InChI is InChI=1S/C34H43N3O7S2/c1-26(2)12-10-13-27(3)14-11-15-28(4)20-25-45-31-19-9-8-18-30(31)33(39)36(21-23-38)22-24-43-32-34(37(40)44-35-32)46(41,42)29-16-6-5-7-17-29/h5-9,12,14,16-20,38H,10-11,13,15,21-25H2,1-4H3/b27-14+,28-20+. The topological polar surface area (TPSA) is 137 Å². The normalized spacial score (nSPS) is 12.2. The molecule has 248 valence electrons. The smallest absolute Gasteiger partial charge is 0.415 e. The molecule has 0 aliphatic rings. The monoisotopic (exact) mass is 669 g/mol.